The molecule has 0 spiro atoms. The molecule has 2 amide bonds. The first kappa shape index (κ1) is 23.2. The van der Waals surface area contributed by atoms with Gasteiger partial charge in [0.25, 0.3) is 5.91 Å². The second kappa shape index (κ2) is 10.7. The van der Waals surface area contributed by atoms with E-state index in [-0.39, 0.29) is 12.0 Å². The largest absolute Gasteiger partial charge is 0.444 e. The van der Waals surface area contributed by atoms with Crippen molar-refractivity contribution in [2.75, 3.05) is 39.3 Å². The number of aromatic nitrogens is 1. The number of rotatable bonds is 7. The number of nitrogens with zero attached hydrogens (tertiary/aromatic N) is 3. The maximum atomic E-state index is 12.4. The van der Waals surface area contributed by atoms with Gasteiger partial charge in [-0.25, -0.2) is 9.78 Å². The third-order valence-corrected chi connectivity index (χ3v) is 5.79. The van der Waals surface area contributed by atoms with Gasteiger partial charge in [-0.2, -0.15) is 0 Å². The molecule has 1 aliphatic rings. The summed E-state index contributed by atoms with van der Waals surface area (Å²) >= 11 is 1.52. The van der Waals surface area contributed by atoms with E-state index < -0.39 is 5.60 Å². The molecule has 168 valence electrons. The molecule has 1 aliphatic heterocycles. The van der Waals surface area contributed by atoms with Crippen LogP contribution in [-0.2, 0) is 11.2 Å². The molecule has 0 bridgehead atoms. The van der Waals surface area contributed by atoms with Gasteiger partial charge in [-0.05, 0) is 39.3 Å². The Labute approximate surface area is 188 Å². The zero-order valence-corrected chi connectivity index (χ0v) is 19.4. The summed E-state index contributed by atoms with van der Waals surface area (Å²) in [6, 6.07) is 10.1. The topological polar surface area (TPSA) is 74.8 Å². The van der Waals surface area contributed by atoms with Crippen LogP contribution in [-0.4, -0.2) is 71.7 Å². The molecule has 1 aromatic carbocycles. The Morgan fingerprint density at radius 2 is 1.84 bits per heavy atom. The molecule has 8 heteroatoms. The fraction of sp³-hybridized carbons (Fsp3) is 0.522. The summed E-state index contributed by atoms with van der Waals surface area (Å²) < 4.78 is 5.43. The highest BCUT2D eigenvalue weighted by Gasteiger charge is 2.25. The Morgan fingerprint density at radius 1 is 1.13 bits per heavy atom. The molecule has 2 aromatic rings. The van der Waals surface area contributed by atoms with Crippen LogP contribution in [0, 0.1) is 0 Å². The lowest BCUT2D eigenvalue weighted by molar-refractivity contribution is 0.0144. The third-order valence-electron chi connectivity index (χ3n) is 4.94. The van der Waals surface area contributed by atoms with Crippen LogP contribution in [0.15, 0.2) is 35.7 Å². The fourth-order valence-corrected chi connectivity index (χ4v) is 4.15. The fourth-order valence-electron chi connectivity index (χ4n) is 3.34. The maximum absolute atomic E-state index is 12.4. The van der Waals surface area contributed by atoms with Crippen molar-refractivity contribution in [2.24, 2.45) is 0 Å². The molecule has 0 saturated carbocycles. The first-order chi connectivity index (χ1) is 14.8. The van der Waals surface area contributed by atoms with Gasteiger partial charge in [-0.1, -0.05) is 30.3 Å². The van der Waals surface area contributed by atoms with Crippen molar-refractivity contribution in [3.63, 3.8) is 0 Å². The number of thiazole rings is 1. The number of carbonyl (C=O) groups excluding carboxylic acids is 2. The molecular formula is C23H32N4O3S. The van der Waals surface area contributed by atoms with Gasteiger partial charge in [0, 0.05) is 44.5 Å². The van der Waals surface area contributed by atoms with Gasteiger partial charge in [0.2, 0.25) is 0 Å². The molecule has 1 N–H and O–H groups in total. The van der Waals surface area contributed by atoms with Crippen LogP contribution in [0.4, 0.5) is 4.79 Å². The highest BCUT2D eigenvalue weighted by Crippen LogP contribution is 2.15. The first-order valence-corrected chi connectivity index (χ1v) is 11.6. The molecule has 0 unspecified atom stereocenters. The van der Waals surface area contributed by atoms with E-state index in [0.717, 1.165) is 37.5 Å². The molecule has 1 saturated heterocycles. The lowest BCUT2D eigenvalue weighted by atomic mass is 10.2. The van der Waals surface area contributed by atoms with Gasteiger partial charge in [-0.15, -0.1) is 11.3 Å². The van der Waals surface area contributed by atoms with Crippen molar-refractivity contribution in [1.29, 1.82) is 0 Å². The van der Waals surface area contributed by atoms with Gasteiger partial charge in [0.15, 0.2) is 0 Å². The Hall–Kier alpha value is -2.45. The summed E-state index contributed by atoms with van der Waals surface area (Å²) in [5.74, 6) is -0.120. The molecule has 1 aromatic heterocycles. The van der Waals surface area contributed by atoms with Crippen LogP contribution >= 0.6 is 11.3 Å². The smallest absolute Gasteiger partial charge is 0.410 e. The summed E-state index contributed by atoms with van der Waals surface area (Å²) in [4.78, 5) is 33.0. The summed E-state index contributed by atoms with van der Waals surface area (Å²) in [6.07, 6.45) is 1.36. The Balaban J connectivity index is 1.32. The predicted octanol–water partition coefficient (Wildman–Crippen LogP) is 3.41. The second-order valence-corrected chi connectivity index (χ2v) is 9.65. The SMILES string of the molecule is CC(C)(C)OC(=O)N1CCN(CCCNC(=O)c2csc(Cc3ccccc3)n2)CC1. The quantitative estimate of drug-likeness (QED) is 0.663. The van der Waals surface area contributed by atoms with E-state index in [1.54, 1.807) is 4.90 Å². The van der Waals surface area contributed by atoms with E-state index >= 15 is 0 Å². The van der Waals surface area contributed by atoms with Gasteiger partial charge in [0.05, 0.1) is 5.01 Å². The summed E-state index contributed by atoms with van der Waals surface area (Å²) in [7, 11) is 0. The van der Waals surface area contributed by atoms with Crippen LogP contribution in [0.1, 0.15) is 48.3 Å². The number of piperazine rings is 1. The van der Waals surface area contributed by atoms with E-state index in [2.05, 4.69) is 27.3 Å². The maximum Gasteiger partial charge on any atom is 0.410 e. The van der Waals surface area contributed by atoms with E-state index in [1.165, 1.54) is 16.9 Å². The second-order valence-electron chi connectivity index (χ2n) is 8.71. The van der Waals surface area contributed by atoms with E-state index in [4.69, 9.17) is 4.74 Å². The van der Waals surface area contributed by atoms with Crippen molar-refractivity contribution < 1.29 is 14.3 Å². The van der Waals surface area contributed by atoms with Gasteiger partial charge < -0.3 is 15.0 Å². The van der Waals surface area contributed by atoms with E-state index in [1.807, 2.05) is 44.4 Å². The zero-order chi connectivity index (χ0) is 22.3. The Bertz CT molecular complexity index is 855. The third kappa shape index (κ3) is 7.63. The summed E-state index contributed by atoms with van der Waals surface area (Å²) in [5, 5.41) is 5.73. The van der Waals surface area contributed by atoms with Crippen LogP contribution in [0.25, 0.3) is 0 Å². The number of amides is 2. The van der Waals surface area contributed by atoms with Gasteiger partial charge in [-0.3, -0.25) is 9.69 Å². The number of hydrogen-bond donors (Lipinski definition) is 1. The van der Waals surface area contributed by atoms with Crippen LogP contribution in [0.2, 0.25) is 0 Å². The van der Waals surface area contributed by atoms with Crippen molar-refractivity contribution >= 4 is 23.3 Å². The minimum atomic E-state index is -0.466. The minimum absolute atomic E-state index is 0.120. The minimum Gasteiger partial charge on any atom is -0.444 e. The van der Waals surface area contributed by atoms with Crippen LogP contribution < -0.4 is 5.32 Å². The number of hydrogen-bond acceptors (Lipinski definition) is 6. The van der Waals surface area contributed by atoms with Crippen molar-refractivity contribution in [3.8, 4) is 0 Å². The molecule has 2 heterocycles. The average molecular weight is 445 g/mol. The molecule has 7 nitrogen and oxygen atoms in total. The monoisotopic (exact) mass is 444 g/mol. The molecule has 1 fully saturated rings. The molecule has 0 atom stereocenters. The van der Waals surface area contributed by atoms with E-state index in [0.29, 0.717) is 25.3 Å². The normalized spacial score (nSPS) is 15.0. The summed E-state index contributed by atoms with van der Waals surface area (Å²) in [6.45, 7) is 10.1. The van der Waals surface area contributed by atoms with Crippen LogP contribution in [0.5, 0.6) is 0 Å². The lowest BCUT2D eigenvalue weighted by Crippen LogP contribution is -2.50. The Morgan fingerprint density at radius 3 is 2.52 bits per heavy atom. The highest BCUT2D eigenvalue weighted by molar-refractivity contribution is 7.09. The number of carbonyl (C=O) groups is 2. The zero-order valence-electron chi connectivity index (χ0n) is 18.6. The average Bonchev–Trinajstić information content (AvgIpc) is 3.19. The van der Waals surface area contributed by atoms with Crippen LogP contribution in [0.3, 0.4) is 0 Å². The number of benzene rings is 1. The first-order valence-electron chi connectivity index (χ1n) is 10.8. The van der Waals surface area contributed by atoms with Crippen molar-refractivity contribution in [1.82, 2.24) is 20.1 Å². The molecule has 0 radical (unpaired) electrons. The molecular weight excluding hydrogens is 412 g/mol. The molecule has 0 aliphatic carbocycles. The van der Waals surface area contributed by atoms with E-state index in [9.17, 15) is 9.59 Å². The van der Waals surface area contributed by atoms with Gasteiger partial charge >= 0.3 is 6.09 Å². The number of nitrogens with one attached hydrogen (secondary N) is 1. The molecule has 3 rings (SSSR count). The predicted molar refractivity (Wildman–Crippen MR) is 123 cm³/mol. The Kier molecular flexibility index (Phi) is 8.03. The lowest BCUT2D eigenvalue weighted by Gasteiger charge is -2.35. The van der Waals surface area contributed by atoms with Crippen molar-refractivity contribution in [3.05, 3.63) is 52.0 Å². The van der Waals surface area contributed by atoms with Gasteiger partial charge in [0.1, 0.15) is 11.3 Å². The van der Waals surface area contributed by atoms with Crippen molar-refractivity contribution in [2.45, 2.75) is 39.2 Å². The highest BCUT2D eigenvalue weighted by atomic mass is 32.1. The molecule has 31 heavy (non-hydrogen) atoms. The summed E-state index contributed by atoms with van der Waals surface area (Å²) in [5.41, 5.74) is 1.21. The standard InChI is InChI=1S/C23H32N4O3S/c1-23(2,3)30-22(29)27-14-12-26(13-15-27)11-7-10-24-21(28)19-17-31-20(25-19)16-18-8-5-4-6-9-18/h4-6,8-9,17H,7,10-16H2,1-3H3,(H,24,28). The number of ether oxygens (including phenoxy) is 1.